The average Bonchev–Trinajstić information content (AvgIpc) is 1.61. The van der Waals surface area contributed by atoms with Crippen LogP contribution in [-0.2, 0) is 0 Å². The Hall–Kier alpha value is 0.540. The topological polar surface area (TPSA) is 12.0 Å². The zero-order valence-corrected chi connectivity index (χ0v) is 6.85. The Morgan fingerprint density at radius 3 is 2.25 bits per heavy atom. The zero-order chi connectivity index (χ0) is 5.70. The molecule has 0 rings (SSSR count). The van der Waals surface area contributed by atoms with E-state index in [-0.39, 0.29) is 12.4 Å². The molecule has 0 aliphatic heterocycles. The van der Waals surface area contributed by atoms with Crippen LogP contribution < -0.4 is 5.32 Å². The molecule has 0 aliphatic rings. The Balaban J connectivity index is 0. The highest BCUT2D eigenvalue weighted by atomic mass is 35.5. The maximum absolute atomic E-state index is 5.62. The van der Waals surface area contributed by atoms with E-state index in [9.17, 15) is 0 Å². The molecule has 8 heavy (non-hydrogen) atoms. The molecule has 1 nitrogen and oxygen atoms in total. The zero-order valence-electron chi connectivity index (χ0n) is 5.28. The van der Waals surface area contributed by atoms with Gasteiger partial charge < -0.3 is 5.32 Å². The fourth-order valence-electron chi connectivity index (χ4n) is 0.343. The van der Waals surface area contributed by atoms with E-state index >= 15 is 0 Å². The molecule has 1 unspecified atom stereocenters. The van der Waals surface area contributed by atoms with E-state index in [2.05, 4.69) is 5.32 Å². The summed E-state index contributed by atoms with van der Waals surface area (Å²) in [5.41, 5.74) is 0. The fraction of sp³-hybridized carbons (Fsp3) is 1.00. The maximum atomic E-state index is 5.62. The molecule has 0 heterocycles. The van der Waals surface area contributed by atoms with Gasteiger partial charge in [-0.25, -0.2) is 0 Å². The first kappa shape index (κ1) is 11.4. The fourth-order valence-corrected chi connectivity index (χ4v) is 0.452. The molecule has 0 radical (unpaired) electrons. The summed E-state index contributed by atoms with van der Waals surface area (Å²) in [6.07, 6.45) is 1.05. The largest absolute Gasteiger partial charge is 0.320 e. The van der Waals surface area contributed by atoms with Crippen LogP contribution in [-0.4, -0.2) is 19.0 Å². The molecule has 1 N–H and O–H groups in total. The van der Waals surface area contributed by atoms with Gasteiger partial charge in [0, 0.05) is 5.38 Å². The smallest absolute Gasteiger partial charge is 0.0319 e. The first-order valence-corrected chi connectivity index (χ1v) is 2.99. The van der Waals surface area contributed by atoms with Crippen molar-refractivity contribution in [3.8, 4) is 0 Å². The van der Waals surface area contributed by atoms with E-state index in [1.165, 1.54) is 0 Å². The van der Waals surface area contributed by atoms with Crippen LogP contribution in [0.25, 0.3) is 0 Å². The van der Waals surface area contributed by atoms with Gasteiger partial charge in [0.15, 0.2) is 0 Å². The van der Waals surface area contributed by atoms with Crippen LogP contribution in [0.4, 0.5) is 0 Å². The number of alkyl halides is 1. The van der Waals surface area contributed by atoms with Crippen LogP contribution in [0, 0.1) is 0 Å². The third-order valence-corrected chi connectivity index (χ3v) is 1.01. The second-order valence-electron chi connectivity index (χ2n) is 1.67. The van der Waals surface area contributed by atoms with Gasteiger partial charge in [0.25, 0.3) is 0 Å². The predicted octanol–water partition coefficient (Wildman–Crippen LogP) is 1.64. The Kier molecular flexibility index (Phi) is 10.7. The van der Waals surface area contributed by atoms with Gasteiger partial charge in [-0.05, 0) is 26.9 Å². The number of hydrogen-bond donors (Lipinski definition) is 1. The van der Waals surface area contributed by atoms with E-state index in [4.69, 9.17) is 11.6 Å². The summed E-state index contributed by atoms with van der Waals surface area (Å²) in [6, 6.07) is 0. The lowest BCUT2D eigenvalue weighted by Crippen LogP contribution is -2.10. The quantitative estimate of drug-likeness (QED) is 0.615. The molecule has 3 heteroatoms. The van der Waals surface area contributed by atoms with Crippen molar-refractivity contribution in [2.45, 2.75) is 18.7 Å². The molecule has 1 atom stereocenters. The molecule has 0 spiro atoms. The summed E-state index contributed by atoms with van der Waals surface area (Å²) >= 11 is 5.62. The van der Waals surface area contributed by atoms with Gasteiger partial charge in [-0.15, -0.1) is 24.0 Å². The second kappa shape index (κ2) is 7.54. The van der Waals surface area contributed by atoms with Crippen molar-refractivity contribution in [3.63, 3.8) is 0 Å². The Labute approximate surface area is 62.2 Å². The van der Waals surface area contributed by atoms with Crippen molar-refractivity contribution in [2.24, 2.45) is 0 Å². The molecular weight excluding hydrogens is 145 g/mol. The first-order chi connectivity index (χ1) is 3.27. The van der Waals surface area contributed by atoms with Crippen LogP contribution in [0.15, 0.2) is 0 Å². The van der Waals surface area contributed by atoms with Crippen LogP contribution >= 0.6 is 24.0 Å². The van der Waals surface area contributed by atoms with E-state index in [1.54, 1.807) is 0 Å². The van der Waals surface area contributed by atoms with Crippen molar-refractivity contribution in [1.29, 1.82) is 0 Å². The van der Waals surface area contributed by atoms with E-state index in [0.717, 1.165) is 13.0 Å². The van der Waals surface area contributed by atoms with Gasteiger partial charge in [-0.2, -0.15) is 0 Å². The van der Waals surface area contributed by atoms with Crippen molar-refractivity contribution in [1.82, 2.24) is 5.32 Å². The van der Waals surface area contributed by atoms with Crippen molar-refractivity contribution < 1.29 is 0 Å². The third kappa shape index (κ3) is 9.74. The van der Waals surface area contributed by atoms with Crippen molar-refractivity contribution in [2.75, 3.05) is 13.6 Å². The molecular formula is C5H13Cl2N. The molecule has 0 saturated carbocycles. The summed E-state index contributed by atoms with van der Waals surface area (Å²) in [5, 5.41) is 3.33. The standard InChI is InChI=1S/C5H12ClN.ClH/c1-5(6)3-4-7-2;/h5,7H,3-4H2,1-2H3;1H. The molecule has 0 amide bonds. The minimum atomic E-state index is 0. The average molecular weight is 158 g/mol. The van der Waals surface area contributed by atoms with E-state index in [1.807, 2.05) is 14.0 Å². The summed E-state index contributed by atoms with van der Waals surface area (Å²) in [6.45, 7) is 3.02. The predicted molar refractivity (Wildman–Crippen MR) is 41.1 cm³/mol. The molecule has 0 aromatic rings. The normalized spacial score (nSPS) is 12.4. The van der Waals surface area contributed by atoms with Crippen LogP contribution in [0.2, 0.25) is 0 Å². The second-order valence-corrected chi connectivity index (χ2v) is 2.42. The Morgan fingerprint density at radius 2 is 2.12 bits per heavy atom. The molecule has 0 aromatic heterocycles. The van der Waals surface area contributed by atoms with Gasteiger partial charge in [-0.3, -0.25) is 0 Å². The molecule has 0 bridgehead atoms. The number of halogens is 2. The van der Waals surface area contributed by atoms with Crippen molar-refractivity contribution in [3.05, 3.63) is 0 Å². The maximum Gasteiger partial charge on any atom is 0.0319 e. The van der Waals surface area contributed by atoms with Crippen LogP contribution in [0.5, 0.6) is 0 Å². The Bertz CT molecular complexity index is 39.4. The number of rotatable bonds is 3. The lowest BCUT2D eigenvalue weighted by Gasteiger charge is -1.98. The van der Waals surface area contributed by atoms with Gasteiger partial charge in [0.1, 0.15) is 0 Å². The van der Waals surface area contributed by atoms with E-state index < -0.39 is 0 Å². The van der Waals surface area contributed by atoms with Gasteiger partial charge >= 0.3 is 0 Å². The summed E-state index contributed by atoms with van der Waals surface area (Å²) in [7, 11) is 1.93. The summed E-state index contributed by atoms with van der Waals surface area (Å²) < 4.78 is 0. The molecule has 0 saturated heterocycles. The lowest BCUT2D eigenvalue weighted by atomic mass is 10.3. The van der Waals surface area contributed by atoms with Crippen molar-refractivity contribution >= 4 is 24.0 Å². The minimum absolute atomic E-state index is 0. The number of nitrogens with one attached hydrogen (secondary N) is 1. The lowest BCUT2D eigenvalue weighted by molar-refractivity contribution is 0.716. The molecule has 0 aromatic carbocycles. The highest BCUT2D eigenvalue weighted by molar-refractivity contribution is 6.20. The van der Waals surface area contributed by atoms with Crippen LogP contribution in [0.1, 0.15) is 13.3 Å². The summed E-state index contributed by atoms with van der Waals surface area (Å²) in [5.74, 6) is 0. The van der Waals surface area contributed by atoms with Gasteiger partial charge in [-0.1, -0.05) is 0 Å². The molecule has 52 valence electrons. The minimum Gasteiger partial charge on any atom is -0.320 e. The highest BCUT2D eigenvalue weighted by Crippen LogP contribution is 1.96. The Morgan fingerprint density at radius 1 is 1.62 bits per heavy atom. The SMILES string of the molecule is CNCCC(C)Cl.Cl. The third-order valence-electron chi connectivity index (χ3n) is 0.792. The summed E-state index contributed by atoms with van der Waals surface area (Å²) in [4.78, 5) is 0. The monoisotopic (exact) mass is 157 g/mol. The number of hydrogen-bond acceptors (Lipinski definition) is 1. The first-order valence-electron chi connectivity index (χ1n) is 2.56. The van der Waals surface area contributed by atoms with Gasteiger partial charge in [0.05, 0.1) is 0 Å². The highest BCUT2D eigenvalue weighted by Gasteiger charge is 1.90. The van der Waals surface area contributed by atoms with E-state index in [0.29, 0.717) is 5.38 Å². The van der Waals surface area contributed by atoms with Crippen LogP contribution in [0.3, 0.4) is 0 Å². The molecule has 0 fully saturated rings. The molecule has 0 aliphatic carbocycles. The van der Waals surface area contributed by atoms with Gasteiger partial charge in [0.2, 0.25) is 0 Å².